The zero-order chi connectivity index (χ0) is 19.8. The highest BCUT2D eigenvalue weighted by Gasteiger charge is 2.39. The molecule has 1 atom stereocenters. The van der Waals surface area contributed by atoms with Crippen LogP contribution in [-0.4, -0.2) is 20.3 Å². The molecule has 1 amide bonds. The molecule has 0 bridgehead atoms. The highest BCUT2D eigenvalue weighted by Crippen LogP contribution is 2.36. The van der Waals surface area contributed by atoms with Gasteiger partial charge in [-0.3, -0.25) is 9.48 Å². The first-order chi connectivity index (χ1) is 12.7. The highest BCUT2D eigenvalue weighted by molar-refractivity contribution is 9.10. The van der Waals surface area contributed by atoms with E-state index < -0.39 is 23.8 Å². The van der Waals surface area contributed by atoms with Gasteiger partial charge < -0.3 is 9.88 Å². The summed E-state index contributed by atoms with van der Waals surface area (Å²) in [5.74, 6) is -0.685. The number of benzene rings is 1. The second kappa shape index (κ2) is 7.22. The Hall–Kier alpha value is -2.55. The SMILES string of the molecule is CC(NC(=O)c1nn(C)c(C(F)(F)F)c1Br)c1ccc(-n2cccc2)cc1. The van der Waals surface area contributed by atoms with Crippen molar-refractivity contribution >= 4 is 21.8 Å². The lowest BCUT2D eigenvalue weighted by atomic mass is 10.1. The Bertz CT molecular complexity index is 946. The zero-order valence-electron chi connectivity index (χ0n) is 14.5. The summed E-state index contributed by atoms with van der Waals surface area (Å²) in [6, 6.07) is 10.9. The van der Waals surface area contributed by atoms with Crippen LogP contribution in [-0.2, 0) is 13.2 Å². The topological polar surface area (TPSA) is 51.9 Å². The molecule has 0 aliphatic rings. The predicted octanol–water partition coefficient (Wildman–Crippen LogP) is 4.48. The molecular formula is C18H16BrF3N4O. The maximum atomic E-state index is 13.0. The van der Waals surface area contributed by atoms with Gasteiger partial charge in [0.1, 0.15) is 0 Å². The van der Waals surface area contributed by atoms with Gasteiger partial charge in [0.05, 0.1) is 10.5 Å². The number of nitrogens with one attached hydrogen (secondary N) is 1. The molecule has 0 radical (unpaired) electrons. The normalized spacial score (nSPS) is 12.8. The van der Waals surface area contributed by atoms with E-state index in [1.807, 2.05) is 53.4 Å². The Morgan fingerprint density at radius 3 is 2.30 bits per heavy atom. The van der Waals surface area contributed by atoms with Gasteiger partial charge in [-0.05, 0) is 52.7 Å². The van der Waals surface area contributed by atoms with Gasteiger partial charge in [-0.1, -0.05) is 12.1 Å². The molecule has 1 N–H and O–H groups in total. The van der Waals surface area contributed by atoms with E-state index in [-0.39, 0.29) is 10.2 Å². The molecule has 0 aliphatic heterocycles. The van der Waals surface area contributed by atoms with Crippen LogP contribution in [0.25, 0.3) is 5.69 Å². The molecule has 1 unspecified atom stereocenters. The molecule has 27 heavy (non-hydrogen) atoms. The second-order valence-corrected chi connectivity index (χ2v) is 6.80. The molecule has 2 heterocycles. The van der Waals surface area contributed by atoms with Crippen LogP contribution in [0.5, 0.6) is 0 Å². The highest BCUT2D eigenvalue weighted by atomic mass is 79.9. The standard InChI is InChI=1S/C18H16BrF3N4O/c1-11(12-5-7-13(8-6-12)26-9-3-4-10-26)23-17(27)15-14(19)16(18(20,21)22)25(2)24-15/h3-11H,1-2H3,(H,23,27). The summed E-state index contributed by atoms with van der Waals surface area (Å²) in [7, 11) is 1.15. The molecule has 142 valence electrons. The Labute approximate surface area is 161 Å². The monoisotopic (exact) mass is 440 g/mol. The maximum absolute atomic E-state index is 13.0. The minimum Gasteiger partial charge on any atom is -0.344 e. The molecule has 0 saturated carbocycles. The first kappa shape index (κ1) is 19.2. The van der Waals surface area contributed by atoms with Crippen molar-refractivity contribution in [2.45, 2.75) is 19.1 Å². The third-order valence-corrected chi connectivity index (χ3v) is 4.87. The third kappa shape index (κ3) is 3.92. The van der Waals surface area contributed by atoms with Crippen LogP contribution < -0.4 is 5.32 Å². The molecule has 9 heteroatoms. The molecule has 0 spiro atoms. The molecule has 2 aromatic heterocycles. The van der Waals surface area contributed by atoms with Crippen molar-refractivity contribution < 1.29 is 18.0 Å². The number of hydrogen-bond acceptors (Lipinski definition) is 2. The molecule has 3 aromatic rings. The average molecular weight is 441 g/mol. The summed E-state index contributed by atoms with van der Waals surface area (Å²) >= 11 is 2.85. The summed E-state index contributed by atoms with van der Waals surface area (Å²) in [5, 5.41) is 6.39. The average Bonchev–Trinajstić information content (AvgIpc) is 3.22. The number of alkyl halides is 3. The Kier molecular flexibility index (Phi) is 5.14. The van der Waals surface area contributed by atoms with Gasteiger partial charge in [-0.2, -0.15) is 18.3 Å². The summed E-state index contributed by atoms with van der Waals surface area (Å²) in [6.45, 7) is 1.75. The fraction of sp³-hybridized carbons (Fsp3) is 0.222. The van der Waals surface area contributed by atoms with Crippen molar-refractivity contribution in [3.63, 3.8) is 0 Å². The predicted molar refractivity (Wildman–Crippen MR) is 97.6 cm³/mol. The van der Waals surface area contributed by atoms with Crippen LogP contribution in [0.3, 0.4) is 0 Å². The lowest BCUT2D eigenvalue weighted by Crippen LogP contribution is -2.27. The van der Waals surface area contributed by atoms with Crippen molar-refractivity contribution in [3.8, 4) is 5.69 Å². The summed E-state index contributed by atoms with van der Waals surface area (Å²) < 4.78 is 41.4. The molecular weight excluding hydrogens is 425 g/mol. The zero-order valence-corrected chi connectivity index (χ0v) is 16.0. The van der Waals surface area contributed by atoms with Crippen molar-refractivity contribution in [1.82, 2.24) is 19.7 Å². The van der Waals surface area contributed by atoms with E-state index in [0.717, 1.165) is 18.3 Å². The number of carbonyl (C=O) groups excluding carboxylic acids is 1. The van der Waals surface area contributed by atoms with E-state index in [4.69, 9.17) is 0 Å². The number of nitrogens with zero attached hydrogens (tertiary/aromatic N) is 3. The van der Waals surface area contributed by atoms with E-state index in [2.05, 4.69) is 26.3 Å². The lowest BCUT2D eigenvalue weighted by molar-refractivity contribution is -0.144. The number of aromatic nitrogens is 3. The number of amides is 1. The van der Waals surface area contributed by atoms with Gasteiger partial charge in [0.15, 0.2) is 11.4 Å². The quantitative estimate of drug-likeness (QED) is 0.649. The number of aryl methyl sites for hydroxylation is 1. The smallest absolute Gasteiger partial charge is 0.344 e. The van der Waals surface area contributed by atoms with Crippen LogP contribution in [0, 0.1) is 0 Å². The molecule has 3 rings (SSSR count). The fourth-order valence-electron chi connectivity index (χ4n) is 2.74. The number of halogens is 4. The summed E-state index contributed by atoms with van der Waals surface area (Å²) in [6.07, 6.45) is -0.785. The first-order valence-corrected chi connectivity index (χ1v) is 8.81. The maximum Gasteiger partial charge on any atom is 0.434 e. The molecule has 0 aliphatic carbocycles. The van der Waals surface area contributed by atoms with E-state index in [0.29, 0.717) is 4.68 Å². The minimum atomic E-state index is -4.61. The van der Waals surface area contributed by atoms with Gasteiger partial charge in [0, 0.05) is 25.1 Å². The number of rotatable bonds is 4. The van der Waals surface area contributed by atoms with Crippen molar-refractivity contribution in [2.24, 2.45) is 7.05 Å². The minimum absolute atomic E-state index is 0.305. The molecule has 0 fully saturated rings. The largest absolute Gasteiger partial charge is 0.434 e. The van der Waals surface area contributed by atoms with Gasteiger partial charge in [0.25, 0.3) is 5.91 Å². The Morgan fingerprint density at radius 1 is 1.19 bits per heavy atom. The van der Waals surface area contributed by atoms with Gasteiger partial charge in [-0.15, -0.1) is 0 Å². The van der Waals surface area contributed by atoms with Crippen LogP contribution in [0.15, 0.2) is 53.3 Å². The summed E-state index contributed by atoms with van der Waals surface area (Å²) in [5.41, 5.74) is 0.476. The lowest BCUT2D eigenvalue weighted by Gasteiger charge is -2.14. The van der Waals surface area contributed by atoms with Crippen LogP contribution in [0.2, 0.25) is 0 Å². The van der Waals surface area contributed by atoms with E-state index in [9.17, 15) is 18.0 Å². The van der Waals surface area contributed by atoms with Crippen LogP contribution >= 0.6 is 15.9 Å². The van der Waals surface area contributed by atoms with Crippen LogP contribution in [0.1, 0.15) is 34.7 Å². The molecule has 5 nitrogen and oxygen atoms in total. The first-order valence-electron chi connectivity index (χ1n) is 8.02. The number of carbonyl (C=O) groups is 1. The molecule has 0 saturated heterocycles. The van der Waals surface area contributed by atoms with E-state index >= 15 is 0 Å². The van der Waals surface area contributed by atoms with Crippen molar-refractivity contribution in [1.29, 1.82) is 0 Å². The Balaban J connectivity index is 1.76. The van der Waals surface area contributed by atoms with Gasteiger partial charge >= 0.3 is 6.18 Å². The Morgan fingerprint density at radius 2 is 1.78 bits per heavy atom. The van der Waals surface area contributed by atoms with E-state index in [1.54, 1.807) is 6.92 Å². The van der Waals surface area contributed by atoms with Crippen molar-refractivity contribution in [2.75, 3.05) is 0 Å². The van der Waals surface area contributed by atoms with Crippen LogP contribution in [0.4, 0.5) is 13.2 Å². The molecule has 1 aromatic carbocycles. The van der Waals surface area contributed by atoms with E-state index in [1.165, 1.54) is 0 Å². The second-order valence-electron chi connectivity index (χ2n) is 6.01. The number of hydrogen-bond donors (Lipinski definition) is 1. The van der Waals surface area contributed by atoms with Gasteiger partial charge in [-0.25, -0.2) is 0 Å². The summed E-state index contributed by atoms with van der Waals surface area (Å²) in [4.78, 5) is 12.4. The fourth-order valence-corrected chi connectivity index (χ4v) is 3.48. The third-order valence-electron chi connectivity index (χ3n) is 4.12. The van der Waals surface area contributed by atoms with Gasteiger partial charge in [0.2, 0.25) is 0 Å². The van der Waals surface area contributed by atoms with Crippen molar-refractivity contribution in [3.05, 3.63) is 70.2 Å².